The predicted octanol–water partition coefficient (Wildman–Crippen LogP) is 2.33. The molecule has 0 fully saturated rings. The van der Waals surface area contributed by atoms with Gasteiger partial charge in [0.25, 0.3) is 0 Å². The van der Waals surface area contributed by atoms with Gasteiger partial charge in [0.15, 0.2) is 0 Å². The Morgan fingerprint density at radius 2 is 2.14 bits per heavy atom. The van der Waals surface area contributed by atoms with Crippen molar-refractivity contribution in [3.63, 3.8) is 0 Å². The number of hydrogen-bond acceptors (Lipinski definition) is 0. The molecule has 0 atom stereocenters. The summed E-state index contributed by atoms with van der Waals surface area (Å²) in [6.45, 7) is 8.69. The minimum Gasteiger partial charge on any atom is -0.103 e. The van der Waals surface area contributed by atoms with E-state index in [0.717, 1.165) is 19.3 Å². The van der Waals surface area contributed by atoms with Crippen molar-refractivity contribution in [2.45, 2.75) is 19.3 Å². The highest BCUT2D eigenvalue weighted by molar-refractivity contribution is 4.69. The lowest BCUT2D eigenvalue weighted by Crippen LogP contribution is -1.64. The minimum atomic E-state index is 1.01. The van der Waals surface area contributed by atoms with Crippen LogP contribution in [0.2, 0.25) is 0 Å². The van der Waals surface area contributed by atoms with Crippen molar-refractivity contribution >= 4 is 0 Å². The Balaban J connectivity index is 2.68. The minimum absolute atomic E-state index is 1.01. The smallest absolute Gasteiger partial charge is 0.0345 e. The maximum absolute atomic E-state index is 5.11. The number of rotatable bonds is 4. The first kappa shape index (κ1) is 6.48. The van der Waals surface area contributed by atoms with Crippen LogP contribution in [0, 0.1) is 6.58 Å². The second-order valence-corrected chi connectivity index (χ2v) is 1.46. The van der Waals surface area contributed by atoms with Crippen LogP contribution in [-0.2, 0) is 0 Å². The van der Waals surface area contributed by atoms with Gasteiger partial charge in [0, 0.05) is 0 Å². The average Bonchev–Trinajstić information content (AvgIpc) is 1.69. The first-order valence-corrected chi connectivity index (χ1v) is 2.56. The van der Waals surface area contributed by atoms with Gasteiger partial charge in [0.1, 0.15) is 0 Å². The summed E-state index contributed by atoms with van der Waals surface area (Å²) >= 11 is 0. The largest absolute Gasteiger partial charge is 0.103 e. The number of allylic oxidation sites excluding steroid dienone is 2. The molecule has 0 aliphatic rings. The van der Waals surface area contributed by atoms with Crippen molar-refractivity contribution in [1.82, 2.24) is 0 Å². The van der Waals surface area contributed by atoms with Gasteiger partial charge in [-0.3, -0.25) is 0 Å². The van der Waals surface area contributed by atoms with Crippen LogP contribution >= 0.6 is 0 Å². The first-order valence-electron chi connectivity index (χ1n) is 2.56. The Hall–Kier alpha value is -0.520. The summed E-state index contributed by atoms with van der Waals surface area (Å²) in [6, 6.07) is 0. The zero-order valence-corrected chi connectivity index (χ0v) is 4.56. The Morgan fingerprint density at radius 3 is 2.57 bits per heavy atom. The zero-order valence-electron chi connectivity index (χ0n) is 4.56. The summed E-state index contributed by atoms with van der Waals surface area (Å²) in [5.74, 6) is 0. The molecule has 7 heavy (non-hydrogen) atoms. The van der Waals surface area contributed by atoms with Crippen molar-refractivity contribution in [2.24, 2.45) is 0 Å². The molecule has 0 amide bonds. The Kier molecular flexibility index (Phi) is 5.07. The third-order valence-corrected chi connectivity index (χ3v) is 0.779. The molecule has 0 unspecified atom stereocenters. The van der Waals surface area contributed by atoms with Crippen molar-refractivity contribution in [3.05, 3.63) is 25.3 Å². The van der Waals surface area contributed by atoms with E-state index in [4.69, 9.17) is 6.58 Å². The molecule has 0 aliphatic heterocycles. The van der Waals surface area contributed by atoms with E-state index >= 15 is 0 Å². The van der Waals surface area contributed by atoms with E-state index in [2.05, 4.69) is 6.58 Å². The van der Waals surface area contributed by atoms with Gasteiger partial charge >= 0.3 is 0 Å². The van der Waals surface area contributed by atoms with Crippen LogP contribution in [0.1, 0.15) is 19.3 Å². The summed E-state index contributed by atoms with van der Waals surface area (Å²) in [5.41, 5.74) is 0. The van der Waals surface area contributed by atoms with Gasteiger partial charge in [-0.1, -0.05) is 18.7 Å². The topological polar surface area (TPSA) is 0 Å². The molecule has 0 saturated carbocycles. The zero-order chi connectivity index (χ0) is 5.54. The van der Waals surface area contributed by atoms with Crippen LogP contribution in [0.4, 0.5) is 0 Å². The predicted molar refractivity (Wildman–Crippen MR) is 32.9 cm³/mol. The Bertz CT molecular complexity index is 45.1. The third-order valence-electron chi connectivity index (χ3n) is 0.779. The maximum atomic E-state index is 5.11. The Labute approximate surface area is 45.5 Å². The fourth-order valence-corrected chi connectivity index (χ4v) is 0.380. The summed E-state index contributed by atoms with van der Waals surface area (Å²) in [7, 11) is 0. The van der Waals surface area contributed by atoms with Gasteiger partial charge in [-0.25, -0.2) is 0 Å². The van der Waals surface area contributed by atoms with Crippen molar-refractivity contribution in [1.29, 1.82) is 0 Å². The van der Waals surface area contributed by atoms with Crippen LogP contribution in [-0.4, -0.2) is 0 Å². The molecule has 0 aliphatic carbocycles. The fraction of sp³-hybridized carbons (Fsp3) is 0.429. The van der Waals surface area contributed by atoms with Crippen LogP contribution in [0.25, 0.3) is 0 Å². The molecule has 0 saturated heterocycles. The molecule has 1 radical (unpaired) electrons. The van der Waals surface area contributed by atoms with Gasteiger partial charge in [0.05, 0.1) is 0 Å². The fourth-order valence-electron chi connectivity index (χ4n) is 0.380. The average molecular weight is 95.2 g/mol. The molecular formula is C7H11. The lowest BCUT2D eigenvalue weighted by atomic mass is 10.2. The highest BCUT2D eigenvalue weighted by Crippen LogP contribution is 1.93. The Morgan fingerprint density at radius 1 is 1.43 bits per heavy atom. The van der Waals surface area contributed by atoms with E-state index in [1.165, 1.54) is 0 Å². The monoisotopic (exact) mass is 95.1 g/mol. The van der Waals surface area contributed by atoms with E-state index < -0.39 is 0 Å². The normalized spacial score (nSPS) is 8.00. The maximum Gasteiger partial charge on any atom is -0.0345 e. The highest BCUT2D eigenvalue weighted by Gasteiger charge is 1.74. The van der Waals surface area contributed by atoms with Crippen LogP contribution in [0.3, 0.4) is 0 Å². The second kappa shape index (κ2) is 5.48. The SMILES string of the molecule is [CH]=CCCCC=C. The van der Waals surface area contributed by atoms with Crippen LogP contribution in [0.15, 0.2) is 18.7 Å². The molecule has 0 spiro atoms. The molecule has 0 heteroatoms. The summed E-state index contributed by atoms with van der Waals surface area (Å²) in [6.07, 6.45) is 6.81. The molecule has 0 aromatic carbocycles. The summed E-state index contributed by atoms with van der Waals surface area (Å²) in [5, 5.41) is 0. The van der Waals surface area contributed by atoms with Gasteiger partial charge in [-0.05, 0) is 19.3 Å². The van der Waals surface area contributed by atoms with E-state index in [1.54, 1.807) is 6.08 Å². The van der Waals surface area contributed by atoms with Crippen LogP contribution < -0.4 is 0 Å². The lowest BCUT2D eigenvalue weighted by molar-refractivity contribution is 0.870. The van der Waals surface area contributed by atoms with Gasteiger partial charge in [0.2, 0.25) is 0 Å². The molecule has 0 bridgehead atoms. The van der Waals surface area contributed by atoms with E-state index in [-0.39, 0.29) is 0 Å². The summed E-state index contributed by atoms with van der Waals surface area (Å²) < 4.78 is 0. The molecule has 0 nitrogen and oxygen atoms in total. The standard InChI is InChI=1S/C7H11/c1-3-5-7-6-4-2/h1,3-4H,2,5-7H2. The van der Waals surface area contributed by atoms with E-state index in [1.807, 2.05) is 6.08 Å². The molecule has 0 aromatic rings. The first-order chi connectivity index (χ1) is 3.41. The van der Waals surface area contributed by atoms with Crippen molar-refractivity contribution < 1.29 is 0 Å². The van der Waals surface area contributed by atoms with Crippen molar-refractivity contribution in [2.75, 3.05) is 0 Å². The lowest BCUT2D eigenvalue weighted by Gasteiger charge is -1.84. The molecule has 0 N–H and O–H groups in total. The van der Waals surface area contributed by atoms with Gasteiger partial charge in [-0.2, -0.15) is 0 Å². The quantitative estimate of drug-likeness (QED) is 0.371. The van der Waals surface area contributed by atoms with Gasteiger partial charge in [-0.15, -0.1) is 6.58 Å². The van der Waals surface area contributed by atoms with Crippen LogP contribution in [0.5, 0.6) is 0 Å². The number of hydrogen-bond donors (Lipinski definition) is 0. The molecule has 0 aromatic heterocycles. The highest BCUT2D eigenvalue weighted by atomic mass is 13.8. The molecule has 0 rings (SSSR count). The second-order valence-electron chi connectivity index (χ2n) is 1.46. The van der Waals surface area contributed by atoms with Gasteiger partial charge < -0.3 is 0 Å². The van der Waals surface area contributed by atoms with E-state index in [9.17, 15) is 0 Å². The third kappa shape index (κ3) is 5.48. The molecule has 39 valence electrons. The van der Waals surface area contributed by atoms with Crippen molar-refractivity contribution in [3.8, 4) is 0 Å². The summed E-state index contributed by atoms with van der Waals surface area (Å²) in [4.78, 5) is 0. The number of unbranched alkanes of at least 4 members (excludes halogenated alkanes) is 2. The molecular weight excluding hydrogens is 84.1 g/mol. The molecule has 0 heterocycles. The van der Waals surface area contributed by atoms with E-state index in [0.29, 0.717) is 0 Å².